The van der Waals surface area contributed by atoms with Crippen molar-refractivity contribution in [2.75, 3.05) is 33.4 Å². The summed E-state index contributed by atoms with van der Waals surface area (Å²) in [5.41, 5.74) is -0.0854. The molecule has 0 radical (unpaired) electrons. The number of carbonyl (C=O) groups excluding carboxylic acids is 1. The van der Waals surface area contributed by atoms with Gasteiger partial charge in [0.25, 0.3) is 0 Å². The van der Waals surface area contributed by atoms with Crippen molar-refractivity contribution in [3.8, 4) is 0 Å². The second kappa shape index (κ2) is 5.36. The minimum Gasteiger partial charge on any atom is -0.384 e. The quantitative estimate of drug-likeness (QED) is 0.731. The van der Waals surface area contributed by atoms with Crippen molar-refractivity contribution in [3.05, 3.63) is 0 Å². The Bertz CT molecular complexity index is 274. The Morgan fingerprint density at radius 1 is 1.53 bits per heavy atom. The fourth-order valence-corrected chi connectivity index (χ4v) is 2.83. The third-order valence-corrected chi connectivity index (χ3v) is 3.98. The zero-order valence-electron chi connectivity index (χ0n) is 10.9. The van der Waals surface area contributed by atoms with Crippen molar-refractivity contribution in [1.29, 1.82) is 0 Å². The molecule has 1 unspecified atom stereocenters. The van der Waals surface area contributed by atoms with Gasteiger partial charge in [0.2, 0.25) is 5.91 Å². The molecule has 2 heterocycles. The van der Waals surface area contributed by atoms with Gasteiger partial charge in [-0.25, -0.2) is 0 Å². The highest BCUT2D eigenvalue weighted by molar-refractivity contribution is 5.77. The lowest BCUT2D eigenvalue weighted by Gasteiger charge is -2.50. The van der Waals surface area contributed by atoms with E-state index in [0.29, 0.717) is 12.3 Å². The van der Waals surface area contributed by atoms with E-state index in [2.05, 4.69) is 6.92 Å². The lowest BCUT2D eigenvalue weighted by Crippen LogP contribution is -2.66. The molecule has 0 bridgehead atoms. The van der Waals surface area contributed by atoms with Gasteiger partial charge in [0.15, 0.2) is 0 Å². The zero-order valence-corrected chi connectivity index (χ0v) is 10.9. The Morgan fingerprint density at radius 2 is 2.29 bits per heavy atom. The van der Waals surface area contributed by atoms with Gasteiger partial charge in [-0.2, -0.15) is 0 Å². The Morgan fingerprint density at radius 3 is 2.94 bits per heavy atom. The molecule has 4 heteroatoms. The average molecular weight is 241 g/mol. The highest BCUT2D eigenvalue weighted by atomic mass is 16.5. The molecule has 4 nitrogen and oxygen atoms in total. The van der Waals surface area contributed by atoms with E-state index in [9.17, 15) is 4.79 Å². The molecular weight excluding hydrogens is 218 g/mol. The predicted molar refractivity (Wildman–Crippen MR) is 64.8 cm³/mol. The summed E-state index contributed by atoms with van der Waals surface area (Å²) >= 11 is 0. The third kappa shape index (κ3) is 2.47. The van der Waals surface area contributed by atoms with E-state index in [1.165, 1.54) is 0 Å². The fraction of sp³-hybridized carbons (Fsp3) is 0.923. The smallest absolute Gasteiger partial charge is 0.222 e. The average Bonchev–Trinajstić information content (AvgIpc) is 2.68. The van der Waals surface area contributed by atoms with Gasteiger partial charge in [-0.05, 0) is 12.8 Å². The summed E-state index contributed by atoms with van der Waals surface area (Å²) in [6.45, 7) is 5.20. The second-order valence-corrected chi connectivity index (χ2v) is 5.21. The third-order valence-electron chi connectivity index (χ3n) is 3.98. The van der Waals surface area contributed by atoms with Crippen LogP contribution < -0.4 is 0 Å². The Kier molecular flexibility index (Phi) is 4.05. The molecule has 1 spiro atoms. The van der Waals surface area contributed by atoms with Crippen LogP contribution in [0, 0.1) is 5.92 Å². The van der Waals surface area contributed by atoms with Crippen LogP contribution in [-0.4, -0.2) is 49.8 Å². The summed E-state index contributed by atoms with van der Waals surface area (Å²) in [4.78, 5) is 13.8. The Labute approximate surface area is 103 Å². The monoisotopic (exact) mass is 241 g/mol. The van der Waals surface area contributed by atoms with Gasteiger partial charge in [-0.15, -0.1) is 0 Å². The van der Waals surface area contributed by atoms with Crippen LogP contribution in [0.1, 0.15) is 32.6 Å². The maximum absolute atomic E-state index is 11.8. The summed E-state index contributed by atoms with van der Waals surface area (Å²) in [7, 11) is 1.73. The van der Waals surface area contributed by atoms with E-state index < -0.39 is 0 Å². The van der Waals surface area contributed by atoms with Gasteiger partial charge < -0.3 is 14.4 Å². The Balaban J connectivity index is 1.82. The number of carbonyl (C=O) groups is 1. The standard InChI is InChI=1S/C13H23NO3/c1-3-4-5-12(15)14-9-13(10-14)11(8-16-2)6-7-17-13/h11H,3-10H2,1-2H3. The van der Waals surface area contributed by atoms with Crippen molar-refractivity contribution in [1.82, 2.24) is 4.90 Å². The molecule has 1 atom stereocenters. The molecule has 0 aliphatic carbocycles. The lowest BCUT2D eigenvalue weighted by molar-refractivity contribution is -0.168. The molecule has 0 aromatic heterocycles. The summed E-state index contributed by atoms with van der Waals surface area (Å²) in [5, 5.41) is 0. The molecule has 2 saturated heterocycles. The van der Waals surface area contributed by atoms with E-state index in [-0.39, 0.29) is 11.5 Å². The highest BCUT2D eigenvalue weighted by Gasteiger charge is 2.54. The molecule has 98 valence electrons. The van der Waals surface area contributed by atoms with Gasteiger partial charge in [0, 0.05) is 26.1 Å². The van der Waals surface area contributed by atoms with Gasteiger partial charge in [-0.3, -0.25) is 4.79 Å². The van der Waals surface area contributed by atoms with Crippen molar-refractivity contribution in [2.45, 2.75) is 38.2 Å². The number of ether oxygens (including phenoxy) is 2. The van der Waals surface area contributed by atoms with Crippen molar-refractivity contribution in [2.24, 2.45) is 5.92 Å². The number of rotatable bonds is 5. The van der Waals surface area contributed by atoms with Crippen LogP contribution in [0.4, 0.5) is 0 Å². The minimum atomic E-state index is -0.0854. The first-order valence-corrected chi connectivity index (χ1v) is 6.62. The summed E-state index contributed by atoms with van der Waals surface area (Å²) in [6.07, 6.45) is 3.81. The van der Waals surface area contributed by atoms with Gasteiger partial charge in [-0.1, -0.05) is 13.3 Å². The maximum atomic E-state index is 11.8. The number of hydrogen-bond donors (Lipinski definition) is 0. The predicted octanol–water partition coefficient (Wildman–Crippen LogP) is 1.44. The van der Waals surface area contributed by atoms with E-state index in [0.717, 1.165) is 45.6 Å². The van der Waals surface area contributed by atoms with E-state index >= 15 is 0 Å². The van der Waals surface area contributed by atoms with Crippen LogP contribution >= 0.6 is 0 Å². The summed E-state index contributed by atoms with van der Waals surface area (Å²) < 4.78 is 11.1. The van der Waals surface area contributed by atoms with E-state index in [1.807, 2.05) is 4.90 Å². The van der Waals surface area contributed by atoms with Crippen LogP contribution in [0.25, 0.3) is 0 Å². The number of likely N-dealkylation sites (tertiary alicyclic amines) is 1. The number of methoxy groups -OCH3 is 1. The van der Waals surface area contributed by atoms with Crippen molar-refractivity contribution >= 4 is 5.91 Å². The zero-order chi connectivity index (χ0) is 12.3. The van der Waals surface area contributed by atoms with Gasteiger partial charge >= 0.3 is 0 Å². The van der Waals surface area contributed by atoms with Crippen molar-refractivity contribution < 1.29 is 14.3 Å². The van der Waals surface area contributed by atoms with E-state index in [4.69, 9.17) is 9.47 Å². The van der Waals surface area contributed by atoms with Crippen LogP contribution in [0.15, 0.2) is 0 Å². The summed E-state index contributed by atoms with van der Waals surface area (Å²) in [5.74, 6) is 0.742. The van der Waals surface area contributed by atoms with Crippen LogP contribution in [0.5, 0.6) is 0 Å². The molecule has 2 fully saturated rings. The summed E-state index contributed by atoms with van der Waals surface area (Å²) in [6, 6.07) is 0. The lowest BCUT2D eigenvalue weighted by atomic mass is 9.81. The number of nitrogens with zero attached hydrogens (tertiary/aromatic N) is 1. The molecule has 0 saturated carbocycles. The van der Waals surface area contributed by atoms with Crippen LogP contribution in [0.2, 0.25) is 0 Å². The van der Waals surface area contributed by atoms with E-state index in [1.54, 1.807) is 7.11 Å². The van der Waals surface area contributed by atoms with Crippen LogP contribution in [-0.2, 0) is 14.3 Å². The normalized spacial score (nSPS) is 26.2. The molecule has 0 N–H and O–H groups in total. The largest absolute Gasteiger partial charge is 0.384 e. The molecular formula is C13H23NO3. The van der Waals surface area contributed by atoms with Crippen molar-refractivity contribution in [3.63, 3.8) is 0 Å². The molecule has 17 heavy (non-hydrogen) atoms. The molecule has 2 aliphatic rings. The first kappa shape index (κ1) is 12.8. The second-order valence-electron chi connectivity index (χ2n) is 5.21. The topological polar surface area (TPSA) is 38.8 Å². The first-order valence-electron chi connectivity index (χ1n) is 6.62. The van der Waals surface area contributed by atoms with Crippen LogP contribution in [0.3, 0.4) is 0 Å². The molecule has 1 amide bonds. The number of unbranched alkanes of at least 4 members (excludes halogenated alkanes) is 1. The SMILES string of the molecule is CCCCC(=O)N1CC2(C1)OCCC2COC. The number of hydrogen-bond acceptors (Lipinski definition) is 3. The Hall–Kier alpha value is -0.610. The maximum Gasteiger partial charge on any atom is 0.222 e. The highest BCUT2D eigenvalue weighted by Crippen LogP contribution is 2.40. The first-order chi connectivity index (χ1) is 8.22. The number of amides is 1. The van der Waals surface area contributed by atoms with Gasteiger partial charge in [0.05, 0.1) is 19.7 Å². The molecule has 2 rings (SSSR count). The molecule has 0 aromatic carbocycles. The molecule has 0 aromatic rings. The minimum absolute atomic E-state index is 0.0854. The molecule has 2 aliphatic heterocycles. The fourth-order valence-electron chi connectivity index (χ4n) is 2.83. The van der Waals surface area contributed by atoms with Gasteiger partial charge in [0.1, 0.15) is 5.60 Å².